The number of aromatic nitrogens is 2. The van der Waals surface area contributed by atoms with E-state index in [1.54, 1.807) is 23.0 Å². The predicted octanol–water partition coefficient (Wildman–Crippen LogP) is 6.69. The monoisotopic (exact) mass is 501 g/mol. The van der Waals surface area contributed by atoms with E-state index in [0.717, 1.165) is 22.4 Å². The molecule has 0 fully saturated rings. The number of hydrogen-bond donors (Lipinski definition) is 1. The normalized spacial score (nSPS) is 11.5. The van der Waals surface area contributed by atoms with E-state index < -0.39 is 18.0 Å². The molecule has 0 bridgehead atoms. The second kappa shape index (κ2) is 11.0. The number of hydrogen-bond acceptors (Lipinski definition) is 4. The van der Waals surface area contributed by atoms with Crippen molar-refractivity contribution in [2.24, 2.45) is 0 Å². The van der Waals surface area contributed by atoms with Crippen molar-refractivity contribution < 1.29 is 14.3 Å². The van der Waals surface area contributed by atoms with Gasteiger partial charge in [0.05, 0.1) is 5.69 Å². The van der Waals surface area contributed by atoms with Gasteiger partial charge >= 0.3 is 5.97 Å². The second-order valence-corrected chi connectivity index (χ2v) is 9.04. The number of esters is 1. The van der Waals surface area contributed by atoms with Gasteiger partial charge in [-0.1, -0.05) is 91.0 Å². The van der Waals surface area contributed by atoms with Crippen LogP contribution in [-0.4, -0.2) is 21.7 Å². The first-order valence-corrected chi connectivity index (χ1v) is 12.3. The molecule has 5 aromatic rings. The summed E-state index contributed by atoms with van der Waals surface area (Å²) in [5.41, 5.74) is 5.48. The first-order valence-electron chi connectivity index (χ1n) is 12.3. The summed E-state index contributed by atoms with van der Waals surface area (Å²) in [6.45, 7) is 3.88. The van der Waals surface area contributed by atoms with Gasteiger partial charge in [0.1, 0.15) is 11.3 Å². The molecule has 6 nitrogen and oxygen atoms in total. The fraction of sp³-hybridized carbons (Fsp3) is 0.0938. The first-order chi connectivity index (χ1) is 18.5. The third kappa shape index (κ3) is 5.39. The molecule has 1 N–H and O–H groups in total. The quantitative estimate of drug-likeness (QED) is 0.252. The van der Waals surface area contributed by atoms with Gasteiger partial charge < -0.3 is 10.1 Å². The van der Waals surface area contributed by atoms with Crippen molar-refractivity contribution in [3.05, 3.63) is 138 Å². The number of anilines is 1. The van der Waals surface area contributed by atoms with Gasteiger partial charge in [-0.25, -0.2) is 9.48 Å². The number of ether oxygens (including phenoxy) is 1. The summed E-state index contributed by atoms with van der Waals surface area (Å²) in [7, 11) is 0. The van der Waals surface area contributed by atoms with Crippen LogP contribution in [0.4, 0.5) is 5.69 Å². The van der Waals surface area contributed by atoms with E-state index in [2.05, 4.69) is 5.32 Å². The molecule has 0 aliphatic rings. The maximum atomic E-state index is 13.7. The summed E-state index contributed by atoms with van der Waals surface area (Å²) in [6.07, 6.45) is 0.484. The highest BCUT2D eigenvalue weighted by Gasteiger charge is 2.29. The van der Waals surface area contributed by atoms with Gasteiger partial charge in [-0.15, -0.1) is 0 Å². The van der Waals surface area contributed by atoms with Crippen LogP contribution in [-0.2, 0) is 9.53 Å². The zero-order chi connectivity index (χ0) is 26.5. The number of carbonyl (C=O) groups is 2. The molecule has 1 amide bonds. The summed E-state index contributed by atoms with van der Waals surface area (Å²) >= 11 is 0. The summed E-state index contributed by atoms with van der Waals surface area (Å²) in [5, 5.41) is 7.65. The third-order valence-electron chi connectivity index (χ3n) is 6.22. The van der Waals surface area contributed by atoms with Crippen molar-refractivity contribution in [2.45, 2.75) is 20.0 Å². The van der Waals surface area contributed by atoms with Crippen LogP contribution < -0.4 is 5.32 Å². The van der Waals surface area contributed by atoms with E-state index >= 15 is 0 Å². The Morgan fingerprint density at radius 1 is 0.816 bits per heavy atom. The number of benzene rings is 4. The van der Waals surface area contributed by atoms with Crippen molar-refractivity contribution >= 4 is 17.6 Å². The van der Waals surface area contributed by atoms with Crippen LogP contribution in [0.5, 0.6) is 0 Å². The molecule has 6 heteroatoms. The maximum absolute atomic E-state index is 13.7. The predicted molar refractivity (Wildman–Crippen MR) is 148 cm³/mol. The van der Waals surface area contributed by atoms with Gasteiger partial charge in [-0.3, -0.25) is 4.79 Å². The van der Waals surface area contributed by atoms with Gasteiger partial charge in [0.2, 0.25) is 6.10 Å². The molecular weight excluding hydrogens is 474 g/mol. The molecule has 0 aliphatic carbocycles. The molecule has 0 saturated carbocycles. The van der Waals surface area contributed by atoms with Gasteiger partial charge in [-0.2, -0.15) is 5.10 Å². The van der Waals surface area contributed by atoms with Crippen LogP contribution in [0.15, 0.2) is 115 Å². The van der Waals surface area contributed by atoms with Crippen LogP contribution >= 0.6 is 0 Å². The largest absolute Gasteiger partial charge is 0.444 e. The van der Waals surface area contributed by atoms with Crippen molar-refractivity contribution in [1.82, 2.24) is 9.78 Å². The van der Waals surface area contributed by atoms with Crippen molar-refractivity contribution in [1.29, 1.82) is 0 Å². The van der Waals surface area contributed by atoms with E-state index in [-0.39, 0.29) is 5.56 Å². The van der Waals surface area contributed by atoms with Crippen molar-refractivity contribution in [2.75, 3.05) is 5.32 Å². The van der Waals surface area contributed by atoms with Crippen LogP contribution in [0.3, 0.4) is 0 Å². The summed E-state index contributed by atoms with van der Waals surface area (Å²) in [6, 6.07) is 33.8. The Kier molecular flexibility index (Phi) is 7.13. The molecule has 0 aliphatic heterocycles. The fourth-order valence-corrected chi connectivity index (χ4v) is 4.19. The van der Waals surface area contributed by atoms with Crippen molar-refractivity contribution in [3.8, 4) is 16.9 Å². The average molecular weight is 502 g/mol. The number of para-hydroxylation sites is 1. The molecule has 1 aromatic heterocycles. The molecule has 0 radical (unpaired) electrons. The van der Waals surface area contributed by atoms with Gasteiger partial charge in [0.25, 0.3) is 5.91 Å². The molecule has 4 aromatic carbocycles. The Labute approximate surface area is 221 Å². The highest BCUT2D eigenvalue weighted by atomic mass is 16.5. The summed E-state index contributed by atoms with van der Waals surface area (Å²) in [4.78, 5) is 27.2. The number of carbonyl (C=O) groups excluding carboxylic acids is 2. The summed E-state index contributed by atoms with van der Waals surface area (Å²) in [5.74, 6) is -1.08. The van der Waals surface area contributed by atoms with Crippen LogP contribution in [0.1, 0.15) is 33.2 Å². The maximum Gasteiger partial charge on any atom is 0.343 e. The first kappa shape index (κ1) is 24.7. The SMILES string of the molecule is Cc1ccc(C)c(NC(=O)C(OC(=O)c2cn(-c3ccccc3)nc2-c2ccccc2)c2ccccc2)c1. The second-order valence-electron chi connectivity index (χ2n) is 9.04. The zero-order valence-electron chi connectivity index (χ0n) is 21.2. The van der Waals surface area contributed by atoms with E-state index in [4.69, 9.17) is 9.84 Å². The number of nitrogens with zero attached hydrogens (tertiary/aromatic N) is 2. The van der Waals surface area contributed by atoms with Crippen LogP contribution in [0, 0.1) is 13.8 Å². The number of aryl methyl sites for hydroxylation is 2. The topological polar surface area (TPSA) is 73.2 Å². The fourth-order valence-electron chi connectivity index (χ4n) is 4.19. The lowest BCUT2D eigenvalue weighted by atomic mass is 10.1. The van der Waals surface area contributed by atoms with E-state index in [1.807, 2.05) is 111 Å². The minimum atomic E-state index is -1.16. The smallest absolute Gasteiger partial charge is 0.343 e. The zero-order valence-corrected chi connectivity index (χ0v) is 21.2. The molecule has 188 valence electrons. The lowest BCUT2D eigenvalue weighted by molar-refractivity contribution is -0.125. The van der Waals surface area contributed by atoms with Gasteiger partial charge in [-0.05, 0) is 43.2 Å². The number of amides is 1. The molecule has 38 heavy (non-hydrogen) atoms. The lowest BCUT2D eigenvalue weighted by Gasteiger charge is -2.19. The standard InChI is InChI=1S/C32H27N3O3/c1-22-18-19-23(2)28(20-22)33-31(36)30(25-14-8-4-9-15-25)38-32(37)27-21-35(26-16-10-5-11-17-26)34-29(27)24-12-6-3-7-13-24/h3-21,30H,1-2H3,(H,33,36). The van der Waals surface area contributed by atoms with Crippen LogP contribution in [0.2, 0.25) is 0 Å². The van der Waals surface area contributed by atoms with E-state index in [9.17, 15) is 9.59 Å². The Morgan fingerprint density at radius 3 is 2.13 bits per heavy atom. The molecule has 5 rings (SSSR count). The molecular formula is C32H27N3O3. The number of rotatable bonds is 7. The minimum absolute atomic E-state index is 0.264. The Hall–Kier alpha value is -4.97. The molecule has 0 spiro atoms. The minimum Gasteiger partial charge on any atom is -0.444 e. The molecule has 1 unspecified atom stereocenters. The van der Waals surface area contributed by atoms with Crippen LogP contribution in [0.25, 0.3) is 16.9 Å². The molecule has 1 atom stereocenters. The Morgan fingerprint density at radius 2 is 1.45 bits per heavy atom. The van der Waals surface area contributed by atoms with E-state index in [0.29, 0.717) is 16.9 Å². The Balaban J connectivity index is 1.51. The third-order valence-corrected chi connectivity index (χ3v) is 6.22. The molecule has 0 saturated heterocycles. The lowest BCUT2D eigenvalue weighted by Crippen LogP contribution is -2.26. The highest BCUT2D eigenvalue weighted by Crippen LogP contribution is 2.28. The van der Waals surface area contributed by atoms with Crippen molar-refractivity contribution in [3.63, 3.8) is 0 Å². The van der Waals surface area contributed by atoms with Gasteiger partial charge in [0.15, 0.2) is 0 Å². The summed E-state index contributed by atoms with van der Waals surface area (Å²) < 4.78 is 7.58. The van der Waals surface area contributed by atoms with Gasteiger partial charge in [0, 0.05) is 23.0 Å². The number of nitrogens with one attached hydrogen (secondary N) is 1. The molecule has 1 heterocycles. The van der Waals surface area contributed by atoms with E-state index in [1.165, 1.54) is 0 Å². The highest BCUT2D eigenvalue weighted by molar-refractivity contribution is 6.00. The Bertz CT molecular complexity index is 1560. The average Bonchev–Trinajstić information content (AvgIpc) is 3.41.